The average Bonchev–Trinajstić information content (AvgIpc) is 4.03. The van der Waals surface area contributed by atoms with E-state index in [2.05, 4.69) is 156 Å². The summed E-state index contributed by atoms with van der Waals surface area (Å²) in [7, 11) is 0. The molecule has 0 unspecified atom stereocenters. The van der Waals surface area contributed by atoms with Crippen LogP contribution in [0.3, 0.4) is 0 Å². The van der Waals surface area contributed by atoms with Crippen molar-refractivity contribution in [1.29, 1.82) is 0 Å². The molecule has 4 heterocycles. The average molecular weight is 823 g/mol. The summed E-state index contributed by atoms with van der Waals surface area (Å²) in [5.41, 5.74) is 12.8. The minimum Gasteiger partial charge on any atom is -0.456 e. The fraction of sp³-hybridized carbons (Fsp3) is 0. The lowest BCUT2D eigenvalue weighted by molar-refractivity contribution is 0.669. The topological polar surface area (TPSA) is 56.7 Å². The predicted molar refractivity (Wildman–Crippen MR) is 262 cm³/mol. The van der Waals surface area contributed by atoms with Crippen LogP contribution in [0.1, 0.15) is 0 Å². The summed E-state index contributed by atoms with van der Waals surface area (Å²) >= 11 is 1.82. The summed E-state index contributed by atoms with van der Waals surface area (Å²) in [6.45, 7) is 0. The molecule has 0 fully saturated rings. The van der Waals surface area contributed by atoms with Gasteiger partial charge in [-0.1, -0.05) is 158 Å². The van der Waals surface area contributed by atoms with E-state index in [9.17, 15) is 0 Å². The molecule has 0 aliphatic rings. The van der Waals surface area contributed by atoms with Gasteiger partial charge in [-0.25, -0.2) is 15.0 Å². The molecule has 5 nitrogen and oxygen atoms in total. The lowest BCUT2D eigenvalue weighted by Gasteiger charge is -2.13. The fourth-order valence-electron chi connectivity index (χ4n) is 9.42. The van der Waals surface area contributed by atoms with Gasteiger partial charge < -0.3 is 8.98 Å². The van der Waals surface area contributed by atoms with E-state index in [0.29, 0.717) is 17.5 Å². The molecule has 13 rings (SSSR count). The first kappa shape index (κ1) is 35.6. The van der Waals surface area contributed by atoms with Gasteiger partial charge in [0.15, 0.2) is 17.5 Å². The smallest absolute Gasteiger partial charge is 0.164 e. The van der Waals surface area contributed by atoms with Crippen LogP contribution in [0, 0.1) is 0 Å². The Morgan fingerprint density at radius 2 is 0.921 bits per heavy atom. The van der Waals surface area contributed by atoms with Crippen molar-refractivity contribution >= 4 is 75.3 Å². The lowest BCUT2D eigenvalue weighted by Crippen LogP contribution is -2.00. The van der Waals surface area contributed by atoms with E-state index in [-0.39, 0.29) is 0 Å². The predicted octanol–water partition coefficient (Wildman–Crippen LogP) is 15.6. The van der Waals surface area contributed by atoms with E-state index in [1.54, 1.807) is 0 Å². The summed E-state index contributed by atoms with van der Waals surface area (Å²) in [5.74, 6) is 1.84. The van der Waals surface area contributed by atoms with E-state index in [1.165, 1.54) is 64.2 Å². The highest BCUT2D eigenvalue weighted by Gasteiger charge is 2.21. The number of fused-ring (bicyclic) bond motifs is 9. The molecule has 0 saturated heterocycles. The van der Waals surface area contributed by atoms with Gasteiger partial charge in [0.25, 0.3) is 0 Å². The zero-order chi connectivity index (χ0) is 41.4. The first-order valence-corrected chi connectivity index (χ1v) is 21.9. The maximum absolute atomic E-state index is 6.28. The van der Waals surface area contributed by atoms with Crippen molar-refractivity contribution in [1.82, 2.24) is 19.5 Å². The monoisotopic (exact) mass is 822 g/mol. The molecule has 0 saturated carbocycles. The van der Waals surface area contributed by atoms with Gasteiger partial charge in [0, 0.05) is 69.7 Å². The Morgan fingerprint density at radius 3 is 1.73 bits per heavy atom. The molecule has 0 aliphatic heterocycles. The van der Waals surface area contributed by atoms with Crippen LogP contribution >= 0.6 is 11.3 Å². The number of rotatable bonds is 6. The maximum atomic E-state index is 6.28. The molecule has 0 aliphatic carbocycles. The standard InChI is InChI=1S/C57H34N4OS/c1-3-15-35(16-4-1)55-58-56(36-29-31-42-41-21-10-12-28-50(41)62-51(42)33-36)60-57(59-55)37-30-32-43-46-25-13-24-45(54(46)63-52(43)34-37)40-20-8-7-19-39(40)44-23-14-27-49-53(44)47-22-9-11-26-48(47)61(49)38-17-5-2-6-18-38/h1-34H. The van der Waals surface area contributed by atoms with E-state index in [4.69, 9.17) is 19.4 Å². The van der Waals surface area contributed by atoms with Crippen molar-refractivity contribution in [2.45, 2.75) is 0 Å². The van der Waals surface area contributed by atoms with Gasteiger partial charge >= 0.3 is 0 Å². The number of aromatic nitrogens is 4. The van der Waals surface area contributed by atoms with Crippen molar-refractivity contribution in [3.05, 3.63) is 206 Å². The van der Waals surface area contributed by atoms with Crippen LogP contribution in [0.15, 0.2) is 211 Å². The van der Waals surface area contributed by atoms with Crippen molar-refractivity contribution in [2.75, 3.05) is 0 Å². The Labute approximate surface area is 365 Å². The number of furan rings is 1. The Balaban J connectivity index is 0.958. The Bertz CT molecular complexity index is 3920. The third-order valence-corrected chi connectivity index (χ3v) is 13.5. The van der Waals surface area contributed by atoms with Crippen molar-refractivity contribution in [2.24, 2.45) is 0 Å². The van der Waals surface area contributed by atoms with Crippen LogP contribution < -0.4 is 0 Å². The highest BCUT2D eigenvalue weighted by Crippen LogP contribution is 2.46. The summed E-state index contributed by atoms with van der Waals surface area (Å²) in [6, 6.07) is 72.8. The second-order valence-corrected chi connectivity index (χ2v) is 17.0. The minimum atomic E-state index is 0.596. The molecule has 0 amide bonds. The van der Waals surface area contributed by atoms with Crippen LogP contribution in [0.4, 0.5) is 0 Å². The fourth-order valence-corrected chi connectivity index (χ4v) is 10.7. The molecule has 13 aromatic rings. The van der Waals surface area contributed by atoms with Gasteiger partial charge in [-0.15, -0.1) is 11.3 Å². The molecule has 4 aromatic heterocycles. The van der Waals surface area contributed by atoms with Gasteiger partial charge in [-0.3, -0.25) is 0 Å². The minimum absolute atomic E-state index is 0.596. The number of hydrogen-bond donors (Lipinski definition) is 0. The molecule has 6 heteroatoms. The molecule has 0 spiro atoms. The highest BCUT2D eigenvalue weighted by atomic mass is 32.1. The normalized spacial score (nSPS) is 11.8. The SMILES string of the molecule is c1ccc(-c2nc(-c3ccc4c(c3)oc3ccccc34)nc(-c3ccc4c(c3)sc3c(-c5ccccc5-c5cccc6c5c5ccccc5n6-c5ccccc5)cccc34)n2)cc1. The molecule has 294 valence electrons. The summed E-state index contributed by atoms with van der Waals surface area (Å²) < 4.78 is 11.1. The quantitative estimate of drug-likeness (QED) is 0.168. The van der Waals surface area contributed by atoms with E-state index in [1.807, 2.05) is 65.9 Å². The molecule has 0 bridgehead atoms. The molecular formula is C57H34N4OS. The van der Waals surface area contributed by atoms with Crippen molar-refractivity contribution in [3.8, 4) is 62.1 Å². The van der Waals surface area contributed by atoms with Gasteiger partial charge in [-0.05, 0) is 65.2 Å². The summed E-state index contributed by atoms with van der Waals surface area (Å²) in [4.78, 5) is 15.3. The van der Waals surface area contributed by atoms with Crippen LogP contribution in [0.5, 0.6) is 0 Å². The van der Waals surface area contributed by atoms with Gasteiger partial charge in [0.05, 0.1) is 11.0 Å². The van der Waals surface area contributed by atoms with Crippen LogP contribution in [0.25, 0.3) is 126 Å². The highest BCUT2D eigenvalue weighted by molar-refractivity contribution is 7.26. The summed E-state index contributed by atoms with van der Waals surface area (Å²) in [6.07, 6.45) is 0. The zero-order valence-electron chi connectivity index (χ0n) is 33.7. The maximum Gasteiger partial charge on any atom is 0.164 e. The van der Waals surface area contributed by atoms with Gasteiger partial charge in [0.2, 0.25) is 0 Å². The summed E-state index contributed by atoms with van der Waals surface area (Å²) in [5, 5.41) is 7.08. The number of para-hydroxylation sites is 3. The van der Waals surface area contributed by atoms with Crippen LogP contribution in [-0.2, 0) is 0 Å². The number of hydrogen-bond acceptors (Lipinski definition) is 5. The molecule has 63 heavy (non-hydrogen) atoms. The van der Waals surface area contributed by atoms with Crippen LogP contribution in [0.2, 0.25) is 0 Å². The van der Waals surface area contributed by atoms with E-state index >= 15 is 0 Å². The Kier molecular flexibility index (Phi) is 8.01. The molecule has 0 N–H and O–H groups in total. The van der Waals surface area contributed by atoms with E-state index < -0.39 is 0 Å². The Hall–Kier alpha value is -8.19. The van der Waals surface area contributed by atoms with Crippen molar-refractivity contribution in [3.63, 3.8) is 0 Å². The molecule has 0 radical (unpaired) electrons. The molecular weight excluding hydrogens is 789 g/mol. The third kappa shape index (κ3) is 5.73. The largest absolute Gasteiger partial charge is 0.456 e. The third-order valence-electron chi connectivity index (χ3n) is 12.3. The zero-order valence-corrected chi connectivity index (χ0v) is 34.6. The van der Waals surface area contributed by atoms with Gasteiger partial charge in [0.1, 0.15) is 11.2 Å². The first-order chi connectivity index (χ1) is 31.2. The Morgan fingerprint density at radius 1 is 0.365 bits per heavy atom. The number of nitrogens with zero attached hydrogens (tertiary/aromatic N) is 4. The lowest BCUT2D eigenvalue weighted by atomic mass is 9.91. The second kappa shape index (κ2) is 14.2. The van der Waals surface area contributed by atoms with Crippen LogP contribution in [-0.4, -0.2) is 19.5 Å². The molecule has 9 aromatic carbocycles. The first-order valence-electron chi connectivity index (χ1n) is 21.1. The molecule has 0 atom stereocenters. The number of benzene rings is 9. The van der Waals surface area contributed by atoms with E-state index in [0.717, 1.165) is 44.3 Å². The second-order valence-electron chi connectivity index (χ2n) is 15.9. The van der Waals surface area contributed by atoms with Crippen molar-refractivity contribution < 1.29 is 4.42 Å². The van der Waals surface area contributed by atoms with Gasteiger partial charge in [-0.2, -0.15) is 0 Å². The number of thiophene rings is 1.